The van der Waals surface area contributed by atoms with Crippen LogP contribution in [0, 0.1) is 0 Å². The SMILES string of the molecule is O=C(/C=C\c1ccc2ccc(Cl)cc2n1)NNC(=O)c1ccc(Cl)nc1. The molecule has 130 valence electrons. The van der Waals surface area contributed by atoms with E-state index in [1.807, 2.05) is 12.1 Å². The van der Waals surface area contributed by atoms with Crippen molar-refractivity contribution in [3.05, 3.63) is 76.2 Å². The third-order valence-corrected chi connectivity index (χ3v) is 3.83. The summed E-state index contributed by atoms with van der Waals surface area (Å²) in [6.45, 7) is 0. The van der Waals surface area contributed by atoms with Crippen LogP contribution in [0.15, 0.2) is 54.7 Å². The number of carbonyl (C=O) groups excluding carboxylic acids is 2. The Labute approximate surface area is 158 Å². The highest BCUT2D eigenvalue weighted by molar-refractivity contribution is 6.31. The summed E-state index contributed by atoms with van der Waals surface area (Å²) in [6, 6.07) is 12.0. The van der Waals surface area contributed by atoms with E-state index in [4.69, 9.17) is 23.2 Å². The molecule has 3 rings (SSSR count). The maximum absolute atomic E-state index is 11.9. The molecule has 2 aromatic heterocycles. The molecule has 6 nitrogen and oxygen atoms in total. The summed E-state index contributed by atoms with van der Waals surface area (Å²) in [7, 11) is 0. The van der Waals surface area contributed by atoms with Crippen LogP contribution in [-0.4, -0.2) is 21.8 Å². The summed E-state index contributed by atoms with van der Waals surface area (Å²) in [5.74, 6) is -1.01. The van der Waals surface area contributed by atoms with Crippen LogP contribution in [0.5, 0.6) is 0 Å². The lowest BCUT2D eigenvalue weighted by Gasteiger charge is -2.05. The first-order valence-corrected chi connectivity index (χ1v) is 8.23. The first-order valence-electron chi connectivity index (χ1n) is 7.47. The number of nitrogens with one attached hydrogen (secondary N) is 2. The van der Waals surface area contributed by atoms with Gasteiger partial charge >= 0.3 is 0 Å². The number of halogens is 2. The number of hydrazine groups is 1. The molecule has 0 saturated heterocycles. The number of hydrogen-bond donors (Lipinski definition) is 2. The molecule has 0 spiro atoms. The molecule has 0 bridgehead atoms. The van der Waals surface area contributed by atoms with Crippen LogP contribution in [0.2, 0.25) is 10.2 Å². The molecule has 0 atom stereocenters. The molecule has 0 aliphatic rings. The molecular formula is C18H12Cl2N4O2. The summed E-state index contributed by atoms with van der Waals surface area (Å²) < 4.78 is 0. The Hall–Kier alpha value is -2.96. The Morgan fingerprint density at radius 1 is 1.00 bits per heavy atom. The smallest absolute Gasteiger partial charge is 0.268 e. The fourth-order valence-electron chi connectivity index (χ4n) is 2.10. The summed E-state index contributed by atoms with van der Waals surface area (Å²) >= 11 is 11.6. The molecule has 2 heterocycles. The molecule has 0 fully saturated rings. The van der Waals surface area contributed by atoms with Gasteiger partial charge in [-0.25, -0.2) is 9.97 Å². The zero-order valence-corrected chi connectivity index (χ0v) is 14.8. The fraction of sp³-hybridized carbons (Fsp3) is 0. The second-order valence-electron chi connectivity index (χ2n) is 5.22. The van der Waals surface area contributed by atoms with Crippen molar-refractivity contribution in [3.8, 4) is 0 Å². The van der Waals surface area contributed by atoms with Crippen LogP contribution < -0.4 is 10.9 Å². The molecule has 0 radical (unpaired) electrons. The fourth-order valence-corrected chi connectivity index (χ4v) is 2.38. The van der Waals surface area contributed by atoms with Crippen LogP contribution in [0.25, 0.3) is 17.0 Å². The predicted octanol–water partition coefficient (Wildman–Crippen LogP) is 3.41. The number of pyridine rings is 2. The van der Waals surface area contributed by atoms with Gasteiger partial charge in [0.2, 0.25) is 0 Å². The topological polar surface area (TPSA) is 84.0 Å². The molecule has 0 aliphatic carbocycles. The van der Waals surface area contributed by atoms with E-state index in [1.165, 1.54) is 30.5 Å². The Bertz CT molecular complexity index is 1000. The molecule has 8 heteroatoms. The lowest BCUT2D eigenvalue weighted by molar-refractivity contribution is -0.117. The van der Waals surface area contributed by atoms with Gasteiger partial charge < -0.3 is 0 Å². The predicted molar refractivity (Wildman–Crippen MR) is 101 cm³/mol. The molecule has 2 N–H and O–H groups in total. The minimum Gasteiger partial charge on any atom is -0.268 e. The Morgan fingerprint density at radius 3 is 2.58 bits per heavy atom. The normalized spacial score (nSPS) is 10.8. The van der Waals surface area contributed by atoms with Gasteiger partial charge in [0.15, 0.2) is 0 Å². The highest BCUT2D eigenvalue weighted by Gasteiger charge is 2.06. The molecular weight excluding hydrogens is 375 g/mol. The lowest BCUT2D eigenvalue weighted by atomic mass is 10.2. The first-order chi connectivity index (χ1) is 12.5. The molecule has 26 heavy (non-hydrogen) atoms. The van der Waals surface area contributed by atoms with Gasteiger partial charge in [-0.15, -0.1) is 0 Å². The number of carbonyl (C=O) groups is 2. The van der Waals surface area contributed by atoms with Crippen molar-refractivity contribution in [2.24, 2.45) is 0 Å². The third-order valence-electron chi connectivity index (χ3n) is 3.37. The number of benzene rings is 1. The molecule has 0 aliphatic heterocycles. The van der Waals surface area contributed by atoms with Crippen LogP contribution in [0.3, 0.4) is 0 Å². The van der Waals surface area contributed by atoms with E-state index in [0.717, 1.165) is 10.9 Å². The Kier molecular flexibility index (Phi) is 5.46. The van der Waals surface area contributed by atoms with Crippen molar-refractivity contribution >= 4 is 52.0 Å². The third kappa shape index (κ3) is 4.56. The Balaban J connectivity index is 1.60. The quantitative estimate of drug-likeness (QED) is 0.410. The maximum atomic E-state index is 11.9. The summed E-state index contributed by atoms with van der Waals surface area (Å²) in [4.78, 5) is 31.9. The summed E-state index contributed by atoms with van der Waals surface area (Å²) in [5, 5.41) is 1.81. The van der Waals surface area contributed by atoms with Crippen LogP contribution in [0.4, 0.5) is 0 Å². The van der Waals surface area contributed by atoms with E-state index in [0.29, 0.717) is 10.7 Å². The zero-order valence-electron chi connectivity index (χ0n) is 13.2. The minimum atomic E-state index is -0.506. The van der Waals surface area contributed by atoms with Gasteiger partial charge in [0.1, 0.15) is 5.15 Å². The van der Waals surface area contributed by atoms with E-state index >= 15 is 0 Å². The van der Waals surface area contributed by atoms with E-state index in [2.05, 4.69) is 20.8 Å². The van der Waals surface area contributed by atoms with E-state index < -0.39 is 11.8 Å². The van der Waals surface area contributed by atoms with E-state index in [-0.39, 0.29) is 10.7 Å². The number of hydrogen-bond acceptors (Lipinski definition) is 4. The van der Waals surface area contributed by atoms with Crippen molar-refractivity contribution in [1.82, 2.24) is 20.8 Å². The van der Waals surface area contributed by atoms with E-state index in [1.54, 1.807) is 18.2 Å². The monoisotopic (exact) mass is 386 g/mol. The molecule has 1 aromatic carbocycles. The van der Waals surface area contributed by atoms with Crippen molar-refractivity contribution in [1.29, 1.82) is 0 Å². The summed E-state index contributed by atoms with van der Waals surface area (Å²) in [6.07, 6.45) is 4.11. The van der Waals surface area contributed by atoms with Crippen molar-refractivity contribution in [2.75, 3.05) is 0 Å². The average Bonchev–Trinajstić information content (AvgIpc) is 2.64. The second-order valence-corrected chi connectivity index (χ2v) is 6.04. The van der Waals surface area contributed by atoms with Crippen molar-refractivity contribution in [2.45, 2.75) is 0 Å². The lowest BCUT2D eigenvalue weighted by Crippen LogP contribution is -2.40. The van der Waals surface area contributed by atoms with Gasteiger partial charge in [0.25, 0.3) is 11.8 Å². The molecule has 2 amide bonds. The second kappa shape index (κ2) is 7.95. The van der Waals surface area contributed by atoms with Gasteiger partial charge in [-0.05, 0) is 36.4 Å². The highest BCUT2D eigenvalue weighted by Crippen LogP contribution is 2.18. The number of nitrogens with zero attached hydrogens (tertiary/aromatic N) is 2. The number of aromatic nitrogens is 2. The number of amides is 2. The van der Waals surface area contributed by atoms with Gasteiger partial charge in [-0.1, -0.05) is 35.3 Å². The largest absolute Gasteiger partial charge is 0.271 e. The minimum absolute atomic E-state index is 0.270. The molecule has 3 aromatic rings. The molecule has 0 saturated carbocycles. The van der Waals surface area contributed by atoms with Gasteiger partial charge in [0.05, 0.1) is 16.8 Å². The standard InChI is InChI=1S/C18H12Cl2N4O2/c19-13-4-1-11-2-5-14(22-15(11)9-13)6-8-17(25)23-24-18(26)12-3-7-16(20)21-10-12/h1-10H,(H,23,25)(H,24,26)/b8-6-. The van der Waals surface area contributed by atoms with Crippen LogP contribution in [-0.2, 0) is 4.79 Å². The van der Waals surface area contributed by atoms with Gasteiger partial charge in [-0.2, -0.15) is 0 Å². The summed E-state index contributed by atoms with van der Waals surface area (Å²) in [5.41, 5.74) is 6.14. The molecule has 0 unspecified atom stereocenters. The van der Waals surface area contributed by atoms with Gasteiger partial charge in [0, 0.05) is 22.7 Å². The average molecular weight is 387 g/mol. The highest BCUT2D eigenvalue weighted by atomic mass is 35.5. The van der Waals surface area contributed by atoms with E-state index in [9.17, 15) is 9.59 Å². The Morgan fingerprint density at radius 2 is 1.81 bits per heavy atom. The van der Waals surface area contributed by atoms with Crippen LogP contribution in [0.1, 0.15) is 16.1 Å². The zero-order chi connectivity index (χ0) is 18.5. The maximum Gasteiger partial charge on any atom is 0.271 e. The van der Waals surface area contributed by atoms with Crippen molar-refractivity contribution in [3.63, 3.8) is 0 Å². The van der Waals surface area contributed by atoms with Crippen molar-refractivity contribution < 1.29 is 9.59 Å². The first kappa shape index (κ1) is 17.8. The van der Waals surface area contributed by atoms with Gasteiger partial charge in [-0.3, -0.25) is 20.4 Å². The number of fused-ring (bicyclic) bond motifs is 1. The van der Waals surface area contributed by atoms with Crippen LogP contribution >= 0.6 is 23.2 Å². The number of rotatable bonds is 3.